The monoisotopic (exact) mass is 364 g/mol. The van der Waals surface area contributed by atoms with E-state index in [9.17, 15) is 9.18 Å². The summed E-state index contributed by atoms with van der Waals surface area (Å²) >= 11 is 6.31. The van der Waals surface area contributed by atoms with Gasteiger partial charge in [-0.05, 0) is 35.7 Å². The van der Waals surface area contributed by atoms with Crippen LogP contribution in [0.5, 0.6) is 0 Å². The lowest BCUT2D eigenvalue weighted by molar-refractivity contribution is -0.120. The van der Waals surface area contributed by atoms with Crippen molar-refractivity contribution in [2.24, 2.45) is 0 Å². The molecule has 134 valence electrons. The molecule has 0 heterocycles. The minimum atomic E-state index is -0.454. The van der Waals surface area contributed by atoms with Crippen LogP contribution >= 0.6 is 11.6 Å². The normalized spacial score (nSPS) is 12.0. The zero-order valence-electron chi connectivity index (χ0n) is 14.3. The number of carbonyl (C=O) groups is 1. The Bertz CT molecular complexity index is 724. The molecule has 25 heavy (non-hydrogen) atoms. The van der Waals surface area contributed by atoms with Crippen LogP contribution in [-0.2, 0) is 9.53 Å². The molecule has 6 heteroatoms. The van der Waals surface area contributed by atoms with E-state index in [2.05, 4.69) is 10.6 Å². The fraction of sp³-hybridized carbons (Fsp3) is 0.316. The van der Waals surface area contributed by atoms with Crippen molar-refractivity contribution in [3.63, 3.8) is 0 Å². The fourth-order valence-corrected chi connectivity index (χ4v) is 2.73. The molecule has 0 saturated carbocycles. The molecule has 2 aromatic rings. The van der Waals surface area contributed by atoms with Gasteiger partial charge in [-0.15, -0.1) is 0 Å². The van der Waals surface area contributed by atoms with Crippen LogP contribution in [0.25, 0.3) is 0 Å². The van der Waals surface area contributed by atoms with Crippen molar-refractivity contribution in [3.05, 3.63) is 70.0 Å². The van der Waals surface area contributed by atoms with E-state index >= 15 is 0 Å². The number of amides is 1. The third-order valence-corrected chi connectivity index (χ3v) is 4.15. The number of halogens is 2. The third-order valence-electron chi connectivity index (χ3n) is 3.81. The molecule has 0 aliphatic rings. The van der Waals surface area contributed by atoms with Gasteiger partial charge < -0.3 is 15.4 Å². The first-order valence-corrected chi connectivity index (χ1v) is 8.40. The Kier molecular flexibility index (Phi) is 7.37. The van der Waals surface area contributed by atoms with Crippen LogP contribution in [0, 0.1) is 12.7 Å². The number of ether oxygens (including phenoxy) is 1. The molecule has 1 unspecified atom stereocenters. The number of nitrogens with one attached hydrogen (secondary N) is 2. The maximum Gasteiger partial charge on any atom is 0.234 e. The SMILES string of the molecule is COCCNCC(=O)NC(c1ccc(F)c(C)c1)c1ccccc1Cl. The van der Waals surface area contributed by atoms with E-state index in [-0.39, 0.29) is 18.3 Å². The first kappa shape index (κ1) is 19.4. The standard InChI is InChI=1S/C19H22ClFN2O2/c1-13-11-14(7-8-17(13)21)19(15-5-3-4-6-16(15)20)23-18(24)12-22-9-10-25-2/h3-8,11,19,22H,9-10,12H2,1-2H3,(H,23,24). The molecule has 0 aliphatic heterocycles. The Morgan fingerprint density at radius 1 is 1.28 bits per heavy atom. The van der Waals surface area contributed by atoms with Gasteiger partial charge >= 0.3 is 0 Å². The first-order chi connectivity index (χ1) is 12.0. The topological polar surface area (TPSA) is 50.4 Å². The highest BCUT2D eigenvalue weighted by Gasteiger charge is 2.19. The highest BCUT2D eigenvalue weighted by Crippen LogP contribution is 2.29. The van der Waals surface area contributed by atoms with E-state index in [1.807, 2.05) is 18.2 Å². The van der Waals surface area contributed by atoms with Gasteiger partial charge in [-0.25, -0.2) is 4.39 Å². The number of hydrogen-bond donors (Lipinski definition) is 2. The molecular formula is C19H22ClFN2O2. The summed E-state index contributed by atoms with van der Waals surface area (Å²) in [6, 6.07) is 11.6. The number of benzene rings is 2. The Balaban J connectivity index is 2.22. The minimum Gasteiger partial charge on any atom is -0.383 e. The molecule has 1 atom stereocenters. The molecule has 2 rings (SSSR count). The lowest BCUT2D eigenvalue weighted by Gasteiger charge is -2.21. The van der Waals surface area contributed by atoms with Gasteiger partial charge in [-0.3, -0.25) is 4.79 Å². The van der Waals surface area contributed by atoms with E-state index in [4.69, 9.17) is 16.3 Å². The summed E-state index contributed by atoms with van der Waals surface area (Å²) in [4.78, 5) is 12.3. The predicted molar refractivity (Wildman–Crippen MR) is 97.3 cm³/mol. The second-order valence-electron chi connectivity index (χ2n) is 5.70. The van der Waals surface area contributed by atoms with Gasteiger partial charge in [-0.2, -0.15) is 0 Å². The van der Waals surface area contributed by atoms with Gasteiger partial charge in [0.1, 0.15) is 5.82 Å². The zero-order chi connectivity index (χ0) is 18.2. The summed E-state index contributed by atoms with van der Waals surface area (Å²) in [6.45, 7) is 2.95. The molecule has 0 radical (unpaired) electrons. The van der Waals surface area contributed by atoms with Crippen LogP contribution < -0.4 is 10.6 Å². The molecule has 2 aromatic carbocycles. The lowest BCUT2D eigenvalue weighted by atomic mass is 9.97. The molecule has 0 spiro atoms. The van der Waals surface area contributed by atoms with Crippen LogP contribution in [0.15, 0.2) is 42.5 Å². The van der Waals surface area contributed by atoms with Crippen molar-refractivity contribution >= 4 is 17.5 Å². The van der Waals surface area contributed by atoms with Crippen molar-refractivity contribution in [2.75, 3.05) is 26.8 Å². The van der Waals surface area contributed by atoms with Crippen molar-refractivity contribution in [1.29, 1.82) is 0 Å². The van der Waals surface area contributed by atoms with Gasteiger partial charge in [0.15, 0.2) is 0 Å². The maximum atomic E-state index is 13.6. The van der Waals surface area contributed by atoms with E-state index < -0.39 is 6.04 Å². The Morgan fingerprint density at radius 3 is 2.72 bits per heavy atom. The Hall–Kier alpha value is -1.95. The Labute approximate surface area is 152 Å². The van der Waals surface area contributed by atoms with E-state index in [0.29, 0.717) is 23.7 Å². The number of hydrogen-bond acceptors (Lipinski definition) is 3. The molecule has 0 bridgehead atoms. The van der Waals surface area contributed by atoms with Gasteiger partial charge in [0.2, 0.25) is 5.91 Å². The van der Waals surface area contributed by atoms with Gasteiger partial charge in [0.05, 0.1) is 19.2 Å². The van der Waals surface area contributed by atoms with E-state index in [1.54, 1.807) is 32.2 Å². The predicted octanol–water partition coefficient (Wildman–Crippen LogP) is 3.23. The lowest BCUT2D eigenvalue weighted by Crippen LogP contribution is -2.37. The summed E-state index contributed by atoms with van der Waals surface area (Å²) in [5.74, 6) is -0.461. The summed E-state index contributed by atoms with van der Waals surface area (Å²) in [5.41, 5.74) is 2.06. The molecular weight excluding hydrogens is 343 g/mol. The maximum absolute atomic E-state index is 13.6. The van der Waals surface area contributed by atoms with Crippen LogP contribution in [0.2, 0.25) is 5.02 Å². The number of carbonyl (C=O) groups excluding carboxylic acids is 1. The number of methoxy groups -OCH3 is 1. The van der Waals surface area contributed by atoms with Gasteiger partial charge in [-0.1, -0.05) is 41.9 Å². The van der Waals surface area contributed by atoms with Gasteiger partial charge in [0, 0.05) is 18.7 Å². The van der Waals surface area contributed by atoms with Crippen LogP contribution in [0.1, 0.15) is 22.7 Å². The molecule has 2 N–H and O–H groups in total. The van der Waals surface area contributed by atoms with Crippen LogP contribution in [-0.4, -0.2) is 32.7 Å². The highest BCUT2D eigenvalue weighted by atomic mass is 35.5. The van der Waals surface area contributed by atoms with Crippen molar-refractivity contribution in [2.45, 2.75) is 13.0 Å². The van der Waals surface area contributed by atoms with Crippen LogP contribution in [0.4, 0.5) is 4.39 Å². The molecule has 0 aromatic heterocycles. The van der Waals surface area contributed by atoms with Gasteiger partial charge in [0.25, 0.3) is 0 Å². The minimum absolute atomic E-state index is 0.157. The summed E-state index contributed by atoms with van der Waals surface area (Å²) in [6.07, 6.45) is 0. The molecule has 0 fully saturated rings. The average molecular weight is 365 g/mol. The van der Waals surface area contributed by atoms with Crippen molar-refractivity contribution < 1.29 is 13.9 Å². The second-order valence-corrected chi connectivity index (χ2v) is 6.11. The van der Waals surface area contributed by atoms with Crippen molar-refractivity contribution in [1.82, 2.24) is 10.6 Å². The van der Waals surface area contributed by atoms with Crippen molar-refractivity contribution in [3.8, 4) is 0 Å². The summed E-state index contributed by atoms with van der Waals surface area (Å²) in [5, 5.41) is 6.51. The quantitative estimate of drug-likeness (QED) is 0.707. The zero-order valence-corrected chi connectivity index (χ0v) is 15.1. The van der Waals surface area contributed by atoms with E-state index in [0.717, 1.165) is 11.1 Å². The molecule has 4 nitrogen and oxygen atoms in total. The molecule has 1 amide bonds. The van der Waals surface area contributed by atoms with Crippen LogP contribution in [0.3, 0.4) is 0 Å². The second kappa shape index (κ2) is 9.51. The average Bonchev–Trinajstić information content (AvgIpc) is 2.60. The molecule has 0 aliphatic carbocycles. The largest absolute Gasteiger partial charge is 0.383 e. The Morgan fingerprint density at radius 2 is 2.04 bits per heavy atom. The summed E-state index contributed by atoms with van der Waals surface area (Å²) in [7, 11) is 1.60. The number of rotatable bonds is 8. The first-order valence-electron chi connectivity index (χ1n) is 8.02. The third kappa shape index (κ3) is 5.53. The summed E-state index contributed by atoms with van der Waals surface area (Å²) < 4.78 is 18.5. The number of aryl methyl sites for hydroxylation is 1. The van der Waals surface area contributed by atoms with E-state index in [1.165, 1.54) is 6.07 Å². The highest BCUT2D eigenvalue weighted by molar-refractivity contribution is 6.31. The molecule has 0 saturated heterocycles. The smallest absolute Gasteiger partial charge is 0.234 e. The fourth-order valence-electron chi connectivity index (χ4n) is 2.49.